The van der Waals surface area contributed by atoms with Gasteiger partial charge in [-0.1, -0.05) is 24.3 Å². The summed E-state index contributed by atoms with van der Waals surface area (Å²) in [6.07, 6.45) is 2.32. The zero-order chi connectivity index (χ0) is 20.1. The fourth-order valence-corrected chi connectivity index (χ4v) is 4.10. The van der Waals surface area contributed by atoms with E-state index in [1.54, 1.807) is 6.33 Å². The average molecular weight is 398 g/mol. The summed E-state index contributed by atoms with van der Waals surface area (Å²) in [5, 5.41) is 14.4. The molecule has 2 aliphatic rings. The van der Waals surface area contributed by atoms with Gasteiger partial charge in [-0.15, -0.1) is 0 Å². The van der Waals surface area contributed by atoms with Crippen LogP contribution in [0.5, 0.6) is 0 Å². The number of rotatable bonds is 7. The summed E-state index contributed by atoms with van der Waals surface area (Å²) in [6, 6.07) is 10.7. The molecule has 0 amide bonds. The number of aryl methyl sites for hydroxylation is 1. The van der Waals surface area contributed by atoms with Crippen LogP contribution in [0.1, 0.15) is 23.2 Å². The number of benzene rings is 1. The first kappa shape index (κ1) is 20.2. The Balaban J connectivity index is 1.27. The van der Waals surface area contributed by atoms with Crippen LogP contribution in [0.3, 0.4) is 0 Å². The summed E-state index contributed by atoms with van der Waals surface area (Å²) in [4.78, 5) is 13.1. The molecule has 2 N–H and O–H groups in total. The minimum Gasteiger partial charge on any atom is -0.387 e. The van der Waals surface area contributed by atoms with E-state index in [0.717, 1.165) is 63.9 Å². The number of β-amino-alcohol motifs (C(OH)–C–C–N with tert-alkyl or cyclic N) is 1. The van der Waals surface area contributed by atoms with E-state index in [4.69, 9.17) is 4.74 Å². The summed E-state index contributed by atoms with van der Waals surface area (Å²) < 4.78 is 5.43. The smallest absolute Gasteiger partial charge is 0.132 e. The van der Waals surface area contributed by atoms with Gasteiger partial charge in [0.2, 0.25) is 0 Å². The third kappa shape index (κ3) is 5.51. The van der Waals surface area contributed by atoms with E-state index in [-0.39, 0.29) is 0 Å². The molecule has 1 aromatic heterocycles. The lowest BCUT2D eigenvalue weighted by atomic mass is 10.0. The largest absolute Gasteiger partial charge is 0.387 e. The third-order valence-corrected chi connectivity index (χ3v) is 5.73. The van der Waals surface area contributed by atoms with Crippen molar-refractivity contribution >= 4 is 5.82 Å². The van der Waals surface area contributed by atoms with Crippen molar-refractivity contribution in [2.45, 2.75) is 32.0 Å². The molecule has 7 heteroatoms. The van der Waals surface area contributed by atoms with Gasteiger partial charge in [0, 0.05) is 57.6 Å². The molecule has 29 heavy (non-hydrogen) atoms. The molecular weight excluding hydrogens is 366 g/mol. The fourth-order valence-electron chi connectivity index (χ4n) is 4.10. The molecule has 0 radical (unpaired) electrons. The minimum absolute atomic E-state index is 0.571. The molecule has 3 heterocycles. The molecule has 2 fully saturated rings. The standard InChI is InChI=1S/C22H31N5O2/c1-18-11-21(25-17-24-18)27-6-5-22(28,16-27)15-23-13-19-3-2-4-20(12-19)14-26-7-9-29-10-8-26/h2-4,11-12,17,23,28H,5-10,13-16H2,1H3. The lowest BCUT2D eigenvalue weighted by molar-refractivity contribution is 0.0342. The second kappa shape index (κ2) is 9.17. The topological polar surface area (TPSA) is 73.8 Å². The first-order chi connectivity index (χ1) is 14.1. The zero-order valence-electron chi connectivity index (χ0n) is 17.2. The highest BCUT2D eigenvalue weighted by atomic mass is 16.5. The van der Waals surface area contributed by atoms with E-state index in [0.29, 0.717) is 13.1 Å². The summed E-state index contributed by atoms with van der Waals surface area (Å²) in [5.41, 5.74) is 2.79. The second-order valence-electron chi connectivity index (χ2n) is 8.23. The van der Waals surface area contributed by atoms with Gasteiger partial charge in [0.1, 0.15) is 12.1 Å². The normalized spacial score (nSPS) is 22.9. The van der Waals surface area contributed by atoms with Crippen molar-refractivity contribution < 1.29 is 9.84 Å². The van der Waals surface area contributed by atoms with Gasteiger partial charge in [0.25, 0.3) is 0 Å². The van der Waals surface area contributed by atoms with Gasteiger partial charge >= 0.3 is 0 Å². The second-order valence-corrected chi connectivity index (χ2v) is 8.23. The van der Waals surface area contributed by atoms with E-state index < -0.39 is 5.60 Å². The van der Waals surface area contributed by atoms with E-state index in [1.807, 2.05) is 13.0 Å². The molecule has 1 aromatic carbocycles. The van der Waals surface area contributed by atoms with Crippen LogP contribution in [0, 0.1) is 6.92 Å². The van der Waals surface area contributed by atoms with E-state index in [9.17, 15) is 5.11 Å². The fraction of sp³-hybridized carbons (Fsp3) is 0.545. The number of aliphatic hydroxyl groups is 1. The summed E-state index contributed by atoms with van der Waals surface area (Å²) in [7, 11) is 0. The maximum atomic E-state index is 11.0. The quantitative estimate of drug-likeness (QED) is 0.731. The third-order valence-electron chi connectivity index (χ3n) is 5.73. The van der Waals surface area contributed by atoms with Gasteiger partial charge in [-0.25, -0.2) is 9.97 Å². The van der Waals surface area contributed by atoms with Crippen LogP contribution in [-0.4, -0.2) is 71.5 Å². The van der Waals surface area contributed by atoms with Crippen molar-refractivity contribution in [2.75, 3.05) is 50.8 Å². The Morgan fingerprint density at radius 1 is 1.14 bits per heavy atom. The molecule has 0 spiro atoms. The Morgan fingerprint density at radius 2 is 1.97 bits per heavy atom. The molecule has 1 atom stereocenters. The Hall–Kier alpha value is -2.06. The van der Waals surface area contributed by atoms with E-state index >= 15 is 0 Å². The van der Waals surface area contributed by atoms with Crippen LogP contribution in [0.25, 0.3) is 0 Å². The monoisotopic (exact) mass is 397 g/mol. The van der Waals surface area contributed by atoms with Gasteiger partial charge in [0.15, 0.2) is 0 Å². The van der Waals surface area contributed by atoms with Crippen LogP contribution < -0.4 is 10.2 Å². The molecule has 7 nitrogen and oxygen atoms in total. The van der Waals surface area contributed by atoms with Crippen LogP contribution >= 0.6 is 0 Å². The number of nitrogens with zero attached hydrogens (tertiary/aromatic N) is 4. The molecule has 0 aliphatic carbocycles. The Kier molecular flexibility index (Phi) is 6.40. The Morgan fingerprint density at radius 3 is 2.79 bits per heavy atom. The van der Waals surface area contributed by atoms with Gasteiger partial charge in [0.05, 0.1) is 18.8 Å². The SMILES string of the molecule is Cc1cc(N2CCC(O)(CNCc3cccc(CN4CCOCC4)c3)C2)ncn1. The molecule has 2 saturated heterocycles. The highest BCUT2D eigenvalue weighted by molar-refractivity contribution is 5.41. The van der Waals surface area contributed by atoms with Crippen molar-refractivity contribution in [1.82, 2.24) is 20.2 Å². The van der Waals surface area contributed by atoms with Crippen molar-refractivity contribution in [2.24, 2.45) is 0 Å². The molecule has 2 aliphatic heterocycles. The number of hydrogen-bond donors (Lipinski definition) is 2. The van der Waals surface area contributed by atoms with Crippen molar-refractivity contribution in [1.29, 1.82) is 0 Å². The number of ether oxygens (including phenoxy) is 1. The van der Waals surface area contributed by atoms with E-state index in [1.165, 1.54) is 11.1 Å². The van der Waals surface area contributed by atoms with Crippen molar-refractivity contribution in [3.8, 4) is 0 Å². The molecule has 4 rings (SSSR count). The summed E-state index contributed by atoms with van der Waals surface area (Å²) in [6.45, 7) is 9.30. The number of aromatic nitrogens is 2. The van der Waals surface area contributed by atoms with Crippen LogP contribution in [-0.2, 0) is 17.8 Å². The molecule has 156 valence electrons. The number of nitrogens with one attached hydrogen (secondary N) is 1. The van der Waals surface area contributed by atoms with E-state index in [2.05, 4.69) is 49.4 Å². The Bertz CT molecular complexity index is 811. The predicted octanol–water partition coefficient (Wildman–Crippen LogP) is 1.35. The first-order valence-corrected chi connectivity index (χ1v) is 10.4. The van der Waals surface area contributed by atoms with Gasteiger partial charge in [-0.2, -0.15) is 0 Å². The van der Waals surface area contributed by atoms with Crippen molar-refractivity contribution in [3.05, 3.63) is 53.5 Å². The van der Waals surface area contributed by atoms with Crippen LogP contribution in [0.4, 0.5) is 5.82 Å². The molecule has 2 aromatic rings. The predicted molar refractivity (Wildman–Crippen MR) is 113 cm³/mol. The average Bonchev–Trinajstić information content (AvgIpc) is 3.11. The molecular formula is C22H31N5O2. The molecule has 0 saturated carbocycles. The number of anilines is 1. The zero-order valence-corrected chi connectivity index (χ0v) is 17.2. The number of hydrogen-bond acceptors (Lipinski definition) is 7. The lowest BCUT2D eigenvalue weighted by Gasteiger charge is -2.26. The number of morpholine rings is 1. The molecule has 1 unspecified atom stereocenters. The van der Waals surface area contributed by atoms with Gasteiger partial charge in [-0.3, -0.25) is 4.90 Å². The highest BCUT2D eigenvalue weighted by Crippen LogP contribution is 2.25. The van der Waals surface area contributed by atoms with Crippen LogP contribution in [0.15, 0.2) is 36.7 Å². The lowest BCUT2D eigenvalue weighted by Crippen LogP contribution is -2.43. The maximum absolute atomic E-state index is 11.0. The summed E-state index contributed by atoms with van der Waals surface area (Å²) in [5.74, 6) is 0.893. The highest BCUT2D eigenvalue weighted by Gasteiger charge is 2.36. The molecule has 0 bridgehead atoms. The minimum atomic E-state index is -0.732. The Labute approximate surface area is 172 Å². The van der Waals surface area contributed by atoms with Gasteiger partial charge in [-0.05, 0) is 24.5 Å². The van der Waals surface area contributed by atoms with Crippen LogP contribution in [0.2, 0.25) is 0 Å². The first-order valence-electron chi connectivity index (χ1n) is 10.4. The summed E-state index contributed by atoms with van der Waals surface area (Å²) >= 11 is 0. The van der Waals surface area contributed by atoms with Crippen molar-refractivity contribution in [3.63, 3.8) is 0 Å². The maximum Gasteiger partial charge on any atom is 0.132 e. The van der Waals surface area contributed by atoms with Gasteiger partial charge < -0.3 is 20.1 Å².